The van der Waals surface area contributed by atoms with Gasteiger partial charge in [-0.1, -0.05) is 32.4 Å². The van der Waals surface area contributed by atoms with Gasteiger partial charge in [0.1, 0.15) is 5.75 Å². The Morgan fingerprint density at radius 3 is 2.35 bits per heavy atom. The van der Waals surface area contributed by atoms with E-state index in [1.54, 1.807) is 7.11 Å². The molecule has 0 heterocycles. The molecular weight excluding hydrogens is 210 g/mol. The smallest absolute Gasteiger partial charge is 0.118 e. The van der Waals surface area contributed by atoms with Gasteiger partial charge in [-0.05, 0) is 43.5 Å². The molecule has 2 heteroatoms. The summed E-state index contributed by atoms with van der Waals surface area (Å²) >= 11 is 0. The van der Waals surface area contributed by atoms with Crippen LogP contribution < -0.4 is 10.1 Å². The van der Waals surface area contributed by atoms with Gasteiger partial charge in [-0.15, -0.1) is 0 Å². The van der Waals surface area contributed by atoms with E-state index in [-0.39, 0.29) is 0 Å². The van der Waals surface area contributed by atoms with Gasteiger partial charge in [0.2, 0.25) is 0 Å². The molecule has 1 aromatic carbocycles. The molecule has 0 atom stereocenters. The molecule has 2 nitrogen and oxygen atoms in total. The number of unbranched alkanes of at least 4 members (excludes halogenated alkanes) is 2. The van der Waals surface area contributed by atoms with Crippen LogP contribution in [-0.2, 0) is 6.42 Å². The molecule has 1 rings (SSSR count). The Bertz CT molecular complexity index is 292. The molecule has 96 valence electrons. The van der Waals surface area contributed by atoms with E-state index < -0.39 is 0 Å². The van der Waals surface area contributed by atoms with E-state index >= 15 is 0 Å². The zero-order valence-electron chi connectivity index (χ0n) is 11.3. The number of methoxy groups -OCH3 is 1. The Hall–Kier alpha value is -1.02. The summed E-state index contributed by atoms with van der Waals surface area (Å²) in [6.07, 6.45) is 5.01. The zero-order chi connectivity index (χ0) is 12.5. The predicted octanol–water partition coefficient (Wildman–Crippen LogP) is 3.41. The topological polar surface area (TPSA) is 21.3 Å². The number of hydrogen-bond donors (Lipinski definition) is 1. The van der Waals surface area contributed by atoms with Crippen LogP contribution in [0.3, 0.4) is 0 Å². The third kappa shape index (κ3) is 6.32. The molecule has 0 radical (unpaired) electrons. The van der Waals surface area contributed by atoms with E-state index in [1.165, 1.54) is 31.2 Å². The van der Waals surface area contributed by atoms with Gasteiger partial charge in [0.15, 0.2) is 0 Å². The summed E-state index contributed by atoms with van der Waals surface area (Å²) in [6, 6.07) is 9.00. The van der Waals surface area contributed by atoms with Gasteiger partial charge < -0.3 is 10.1 Å². The number of aryl methyl sites for hydroxylation is 1. The second-order valence-electron chi connectivity index (χ2n) is 4.77. The molecule has 0 fully saturated rings. The van der Waals surface area contributed by atoms with Gasteiger partial charge >= 0.3 is 0 Å². The average molecular weight is 235 g/mol. The van der Waals surface area contributed by atoms with Crippen LogP contribution in [0.2, 0.25) is 0 Å². The standard InChI is InChI=1S/C15H25NO/c1-13(2)16-12-6-4-5-7-14-8-10-15(17-3)11-9-14/h8-11,13,16H,4-7,12H2,1-3H3. The lowest BCUT2D eigenvalue weighted by molar-refractivity contribution is 0.414. The first-order valence-corrected chi connectivity index (χ1v) is 6.58. The maximum absolute atomic E-state index is 5.14. The van der Waals surface area contributed by atoms with Crippen LogP contribution in [-0.4, -0.2) is 19.7 Å². The number of rotatable bonds is 8. The van der Waals surface area contributed by atoms with Crippen molar-refractivity contribution in [3.8, 4) is 5.75 Å². The van der Waals surface area contributed by atoms with Gasteiger partial charge in [0.05, 0.1) is 7.11 Å². The Morgan fingerprint density at radius 2 is 1.76 bits per heavy atom. The molecule has 0 bridgehead atoms. The highest BCUT2D eigenvalue weighted by atomic mass is 16.5. The third-order valence-corrected chi connectivity index (χ3v) is 2.85. The summed E-state index contributed by atoms with van der Waals surface area (Å²) in [5.41, 5.74) is 1.41. The Balaban J connectivity index is 2.09. The molecular formula is C15H25NO. The fraction of sp³-hybridized carbons (Fsp3) is 0.600. The summed E-state index contributed by atoms with van der Waals surface area (Å²) in [4.78, 5) is 0. The molecule has 0 spiro atoms. The van der Waals surface area contributed by atoms with Crippen molar-refractivity contribution in [2.75, 3.05) is 13.7 Å². The van der Waals surface area contributed by atoms with Gasteiger partial charge in [0.25, 0.3) is 0 Å². The fourth-order valence-corrected chi connectivity index (χ4v) is 1.81. The molecule has 0 amide bonds. The predicted molar refractivity (Wildman–Crippen MR) is 73.7 cm³/mol. The maximum Gasteiger partial charge on any atom is 0.118 e. The van der Waals surface area contributed by atoms with Gasteiger partial charge in [-0.2, -0.15) is 0 Å². The Kier molecular flexibility index (Phi) is 6.71. The van der Waals surface area contributed by atoms with Crippen molar-refractivity contribution in [2.24, 2.45) is 0 Å². The highest BCUT2D eigenvalue weighted by Gasteiger charge is 1.96. The monoisotopic (exact) mass is 235 g/mol. The molecule has 0 aliphatic rings. The van der Waals surface area contributed by atoms with Crippen LogP contribution in [0.4, 0.5) is 0 Å². The fourth-order valence-electron chi connectivity index (χ4n) is 1.81. The third-order valence-electron chi connectivity index (χ3n) is 2.85. The van der Waals surface area contributed by atoms with Crippen LogP contribution in [0, 0.1) is 0 Å². The summed E-state index contributed by atoms with van der Waals surface area (Å²) < 4.78 is 5.14. The Labute approximate surface area is 105 Å². The number of nitrogens with one attached hydrogen (secondary N) is 1. The SMILES string of the molecule is COc1ccc(CCCCCNC(C)C)cc1. The van der Waals surface area contributed by atoms with Crippen molar-refractivity contribution >= 4 is 0 Å². The number of ether oxygens (including phenoxy) is 1. The first kappa shape index (κ1) is 14.0. The summed E-state index contributed by atoms with van der Waals surface area (Å²) in [7, 11) is 1.71. The lowest BCUT2D eigenvalue weighted by atomic mass is 10.1. The molecule has 0 aromatic heterocycles. The summed E-state index contributed by atoms with van der Waals surface area (Å²) in [5, 5.41) is 3.44. The molecule has 0 aliphatic heterocycles. The van der Waals surface area contributed by atoms with E-state index in [0.29, 0.717) is 6.04 Å². The van der Waals surface area contributed by atoms with Crippen molar-refractivity contribution in [3.05, 3.63) is 29.8 Å². The van der Waals surface area contributed by atoms with Gasteiger partial charge in [0, 0.05) is 6.04 Å². The maximum atomic E-state index is 5.14. The summed E-state index contributed by atoms with van der Waals surface area (Å²) in [5.74, 6) is 0.940. The van der Waals surface area contributed by atoms with Crippen LogP contribution in [0.5, 0.6) is 5.75 Å². The van der Waals surface area contributed by atoms with Crippen molar-refractivity contribution in [2.45, 2.75) is 45.6 Å². The lowest BCUT2D eigenvalue weighted by Crippen LogP contribution is -2.23. The van der Waals surface area contributed by atoms with E-state index in [0.717, 1.165) is 12.3 Å². The molecule has 0 saturated heterocycles. The van der Waals surface area contributed by atoms with Crippen molar-refractivity contribution in [1.82, 2.24) is 5.32 Å². The molecule has 0 saturated carbocycles. The molecule has 17 heavy (non-hydrogen) atoms. The first-order chi connectivity index (χ1) is 8.22. The zero-order valence-corrected chi connectivity index (χ0v) is 11.3. The molecule has 1 N–H and O–H groups in total. The largest absolute Gasteiger partial charge is 0.497 e. The van der Waals surface area contributed by atoms with Crippen LogP contribution in [0.1, 0.15) is 38.7 Å². The first-order valence-electron chi connectivity index (χ1n) is 6.58. The molecule has 0 unspecified atom stereocenters. The van der Waals surface area contributed by atoms with Crippen molar-refractivity contribution in [3.63, 3.8) is 0 Å². The highest BCUT2D eigenvalue weighted by Crippen LogP contribution is 2.13. The van der Waals surface area contributed by atoms with E-state index in [4.69, 9.17) is 4.74 Å². The van der Waals surface area contributed by atoms with Gasteiger partial charge in [-0.3, -0.25) is 0 Å². The second-order valence-corrected chi connectivity index (χ2v) is 4.77. The minimum Gasteiger partial charge on any atom is -0.497 e. The Morgan fingerprint density at radius 1 is 1.06 bits per heavy atom. The summed E-state index contributed by atoms with van der Waals surface area (Å²) in [6.45, 7) is 5.52. The second kappa shape index (κ2) is 8.13. The van der Waals surface area contributed by atoms with Gasteiger partial charge in [-0.25, -0.2) is 0 Å². The molecule has 1 aromatic rings. The van der Waals surface area contributed by atoms with E-state index in [9.17, 15) is 0 Å². The number of hydrogen-bond acceptors (Lipinski definition) is 2. The quantitative estimate of drug-likeness (QED) is 0.697. The average Bonchev–Trinajstić information content (AvgIpc) is 2.34. The van der Waals surface area contributed by atoms with Crippen LogP contribution in [0.15, 0.2) is 24.3 Å². The lowest BCUT2D eigenvalue weighted by Gasteiger charge is -2.07. The van der Waals surface area contributed by atoms with E-state index in [1.807, 2.05) is 12.1 Å². The van der Waals surface area contributed by atoms with Crippen LogP contribution >= 0.6 is 0 Å². The van der Waals surface area contributed by atoms with Crippen LogP contribution in [0.25, 0.3) is 0 Å². The van der Waals surface area contributed by atoms with E-state index in [2.05, 4.69) is 31.3 Å². The van der Waals surface area contributed by atoms with Crippen molar-refractivity contribution in [1.29, 1.82) is 0 Å². The minimum atomic E-state index is 0.608. The normalized spacial score (nSPS) is 10.8. The highest BCUT2D eigenvalue weighted by molar-refractivity contribution is 5.27. The minimum absolute atomic E-state index is 0.608. The molecule has 0 aliphatic carbocycles. The van der Waals surface area contributed by atoms with Crippen molar-refractivity contribution < 1.29 is 4.74 Å². The number of benzene rings is 1.